The van der Waals surface area contributed by atoms with Crippen LogP contribution in [0.4, 0.5) is 15.9 Å². The first-order chi connectivity index (χ1) is 13.2. The quantitative estimate of drug-likeness (QED) is 0.734. The number of halogens is 1. The first-order valence-corrected chi connectivity index (χ1v) is 9.23. The number of anilines is 2. The van der Waals surface area contributed by atoms with Crippen molar-refractivity contribution in [2.75, 3.05) is 5.32 Å². The van der Waals surface area contributed by atoms with Crippen molar-refractivity contribution < 1.29 is 9.18 Å². The van der Waals surface area contributed by atoms with Crippen LogP contribution in [0, 0.1) is 25.1 Å². The topological polar surface area (TPSA) is 72.7 Å². The molecule has 0 saturated heterocycles. The Morgan fingerprint density at radius 1 is 1.11 bits per heavy atom. The lowest BCUT2D eigenvalue weighted by atomic mass is 9.76. The van der Waals surface area contributed by atoms with Gasteiger partial charge in [-0.1, -0.05) is 26.0 Å². The summed E-state index contributed by atoms with van der Waals surface area (Å²) in [4.78, 5) is 21.9. The van der Waals surface area contributed by atoms with Crippen molar-refractivity contribution in [1.29, 1.82) is 0 Å². The Morgan fingerprint density at radius 2 is 1.79 bits per heavy atom. The lowest BCUT2D eigenvalue weighted by molar-refractivity contribution is 0.0911. The van der Waals surface area contributed by atoms with Gasteiger partial charge in [-0.15, -0.1) is 5.10 Å². The molecule has 0 amide bonds. The molecule has 7 heteroatoms. The largest absolute Gasteiger partial charge is 0.336 e. The van der Waals surface area contributed by atoms with Gasteiger partial charge in [-0.2, -0.15) is 0 Å². The molecule has 1 aromatic carbocycles. The van der Waals surface area contributed by atoms with Crippen molar-refractivity contribution in [2.45, 2.75) is 40.5 Å². The van der Waals surface area contributed by atoms with E-state index in [0.717, 1.165) is 17.1 Å². The van der Waals surface area contributed by atoms with Crippen molar-refractivity contribution in [3.8, 4) is 5.95 Å². The highest BCUT2D eigenvalue weighted by Gasteiger charge is 2.37. The van der Waals surface area contributed by atoms with Crippen LogP contribution in [0.1, 0.15) is 47.7 Å². The fourth-order valence-electron chi connectivity index (χ4n) is 3.69. The average molecular weight is 379 g/mol. The summed E-state index contributed by atoms with van der Waals surface area (Å²) < 4.78 is 15.8. The Labute approximate surface area is 162 Å². The zero-order valence-corrected chi connectivity index (χ0v) is 16.4. The molecular formula is C21H22FN5O. The molecule has 0 unspecified atom stereocenters. The second-order valence-corrected chi connectivity index (χ2v) is 8.08. The van der Waals surface area contributed by atoms with Gasteiger partial charge >= 0.3 is 0 Å². The molecule has 144 valence electrons. The minimum Gasteiger partial charge on any atom is -0.336 e. The van der Waals surface area contributed by atoms with Crippen molar-refractivity contribution in [1.82, 2.24) is 19.7 Å². The summed E-state index contributed by atoms with van der Waals surface area (Å²) in [5.74, 6) is 0.335. The van der Waals surface area contributed by atoms with E-state index in [2.05, 4.69) is 34.2 Å². The molecular weight excluding hydrogens is 357 g/mol. The maximum Gasteiger partial charge on any atom is 0.251 e. The second-order valence-electron chi connectivity index (χ2n) is 8.08. The van der Waals surface area contributed by atoms with E-state index in [4.69, 9.17) is 0 Å². The number of benzene rings is 1. The predicted octanol–water partition coefficient (Wildman–Crippen LogP) is 4.32. The van der Waals surface area contributed by atoms with Gasteiger partial charge in [0.1, 0.15) is 5.82 Å². The Hall–Kier alpha value is -3.09. The number of nitrogens with zero attached hydrogens (tertiary/aromatic N) is 4. The van der Waals surface area contributed by atoms with Crippen LogP contribution in [0.5, 0.6) is 0 Å². The van der Waals surface area contributed by atoms with E-state index in [1.165, 1.54) is 6.07 Å². The van der Waals surface area contributed by atoms with Crippen molar-refractivity contribution in [3.05, 3.63) is 58.8 Å². The number of hydrogen-bond acceptors (Lipinski definition) is 5. The van der Waals surface area contributed by atoms with Crippen LogP contribution >= 0.6 is 0 Å². The molecule has 1 N–H and O–H groups in total. The molecule has 0 fully saturated rings. The van der Waals surface area contributed by atoms with Gasteiger partial charge in [0, 0.05) is 17.8 Å². The highest BCUT2D eigenvalue weighted by molar-refractivity contribution is 6.03. The number of aromatic nitrogens is 4. The van der Waals surface area contributed by atoms with Crippen LogP contribution in [0.15, 0.2) is 30.3 Å². The van der Waals surface area contributed by atoms with Crippen LogP contribution in [0.2, 0.25) is 0 Å². The highest BCUT2D eigenvalue weighted by atomic mass is 19.1. The highest BCUT2D eigenvalue weighted by Crippen LogP contribution is 2.39. The molecule has 6 nitrogen and oxygen atoms in total. The number of rotatable bonds is 3. The van der Waals surface area contributed by atoms with Gasteiger partial charge in [0.25, 0.3) is 5.95 Å². The van der Waals surface area contributed by atoms with E-state index in [1.54, 1.807) is 22.9 Å². The standard InChI is InChI=1S/C21H22FN5O/c1-12-9-13(2)24-20(23-12)27-16-10-21(3,4)11-17(28)18(16)19(26-27)25-15-8-6-5-7-14(15)22/h5-9H,10-11H2,1-4H3,(H,25,26). The third-order valence-corrected chi connectivity index (χ3v) is 4.83. The monoisotopic (exact) mass is 379 g/mol. The smallest absolute Gasteiger partial charge is 0.251 e. The fraction of sp³-hybridized carbons (Fsp3) is 0.333. The van der Waals surface area contributed by atoms with Crippen molar-refractivity contribution in [2.24, 2.45) is 5.41 Å². The van der Waals surface area contributed by atoms with Crippen LogP contribution in [-0.2, 0) is 6.42 Å². The third kappa shape index (κ3) is 3.28. The van der Waals surface area contributed by atoms with Gasteiger partial charge in [0.15, 0.2) is 11.6 Å². The minimum absolute atomic E-state index is 0.0132. The van der Waals surface area contributed by atoms with Gasteiger partial charge in [0.2, 0.25) is 0 Å². The van der Waals surface area contributed by atoms with Gasteiger partial charge < -0.3 is 5.32 Å². The van der Waals surface area contributed by atoms with E-state index in [-0.39, 0.29) is 16.9 Å². The third-order valence-electron chi connectivity index (χ3n) is 4.83. The lowest BCUT2D eigenvalue weighted by Crippen LogP contribution is -2.28. The Morgan fingerprint density at radius 3 is 2.46 bits per heavy atom. The minimum atomic E-state index is -0.406. The summed E-state index contributed by atoms with van der Waals surface area (Å²) in [6.07, 6.45) is 1.06. The Kier molecular flexibility index (Phi) is 4.25. The summed E-state index contributed by atoms with van der Waals surface area (Å²) in [6, 6.07) is 8.21. The number of para-hydroxylation sites is 1. The predicted molar refractivity (Wildman–Crippen MR) is 105 cm³/mol. The number of carbonyl (C=O) groups excluding carboxylic acids is 1. The van der Waals surface area contributed by atoms with Crippen LogP contribution in [-0.4, -0.2) is 25.5 Å². The molecule has 0 radical (unpaired) electrons. The zero-order valence-electron chi connectivity index (χ0n) is 16.4. The number of hydrogen-bond donors (Lipinski definition) is 1. The molecule has 2 heterocycles. The van der Waals surface area contributed by atoms with E-state index in [1.807, 2.05) is 19.9 Å². The average Bonchev–Trinajstić information content (AvgIpc) is 2.93. The Balaban J connectivity index is 1.90. The zero-order chi connectivity index (χ0) is 20.1. The summed E-state index contributed by atoms with van der Waals surface area (Å²) in [6.45, 7) is 7.89. The summed E-state index contributed by atoms with van der Waals surface area (Å²) in [5, 5.41) is 7.58. The molecule has 0 bridgehead atoms. The molecule has 0 aliphatic heterocycles. The number of carbonyl (C=O) groups is 1. The second kappa shape index (κ2) is 6.51. The Bertz CT molecular complexity index is 1070. The molecule has 3 aromatic rings. The van der Waals surface area contributed by atoms with Gasteiger partial charge in [-0.3, -0.25) is 4.79 Å². The number of nitrogens with one attached hydrogen (secondary N) is 1. The van der Waals surface area contributed by atoms with E-state index < -0.39 is 5.82 Å². The number of fused-ring (bicyclic) bond motifs is 1. The van der Waals surface area contributed by atoms with Crippen LogP contribution < -0.4 is 5.32 Å². The number of ketones is 1. The maximum absolute atomic E-state index is 14.2. The molecule has 2 aromatic heterocycles. The first kappa shape index (κ1) is 18.3. The van der Waals surface area contributed by atoms with Crippen molar-refractivity contribution >= 4 is 17.3 Å². The van der Waals surface area contributed by atoms with E-state index in [0.29, 0.717) is 30.2 Å². The summed E-state index contributed by atoms with van der Waals surface area (Å²) in [5.41, 5.74) is 2.95. The number of aryl methyl sites for hydroxylation is 2. The molecule has 28 heavy (non-hydrogen) atoms. The van der Waals surface area contributed by atoms with E-state index in [9.17, 15) is 9.18 Å². The van der Waals surface area contributed by atoms with Gasteiger partial charge in [-0.25, -0.2) is 19.0 Å². The molecule has 0 saturated carbocycles. The summed E-state index contributed by atoms with van der Waals surface area (Å²) >= 11 is 0. The number of Topliss-reactive ketones (excluding diaryl/α,β-unsaturated/α-hetero) is 1. The SMILES string of the molecule is Cc1cc(C)nc(-n2nc(Nc3ccccc3F)c3c2CC(C)(C)CC3=O)n1. The van der Waals surface area contributed by atoms with Gasteiger partial charge in [-0.05, 0) is 43.9 Å². The maximum atomic E-state index is 14.2. The fourth-order valence-corrected chi connectivity index (χ4v) is 3.69. The molecule has 1 aliphatic rings. The molecule has 4 rings (SSSR count). The van der Waals surface area contributed by atoms with E-state index >= 15 is 0 Å². The van der Waals surface area contributed by atoms with Crippen molar-refractivity contribution in [3.63, 3.8) is 0 Å². The molecule has 1 aliphatic carbocycles. The van der Waals surface area contributed by atoms with Crippen LogP contribution in [0.25, 0.3) is 5.95 Å². The molecule has 0 spiro atoms. The molecule has 0 atom stereocenters. The normalized spacial score (nSPS) is 15.4. The van der Waals surface area contributed by atoms with Crippen LogP contribution in [0.3, 0.4) is 0 Å². The lowest BCUT2D eigenvalue weighted by Gasteiger charge is -2.28. The first-order valence-electron chi connectivity index (χ1n) is 9.23. The van der Waals surface area contributed by atoms with Gasteiger partial charge in [0.05, 0.1) is 16.9 Å². The summed E-state index contributed by atoms with van der Waals surface area (Å²) in [7, 11) is 0.